The summed E-state index contributed by atoms with van der Waals surface area (Å²) in [5.74, 6) is -0.307. The van der Waals surface area contributed by atoms with Gasteiger partial charge in [-0.25, -0.2) is 0 Å². The lowest BCUT2D eigenvalue weighted by Crippen LogP contribution is -2.30. The van der Waals surface area contributed by atoms with Crippen molar-refractivity contribution in [2.45, 2.75) is 44.9 Å². The summed E-state index contributed by atoms with van der Waals surface area (Å²) in [5.41, 5.74) is 2.46. The predicted octanol–water partition coefficient (Wildman–Crippen LogP) is 4.88. The number of carbonyl (C=O) groups excluding carboxylic acids is 2. The van der Waals surface area contributed by atoms with Gasteiger partial charge in [-0.05, 0) is 49.8 Å². The summed E-state index contributed by atoms with van der Waals surface area (Å²) in [4.78, 5) is 25.9. The van der Waals surface area contributed by atoms with Gasteiger partial charge in [0.25, 0.3) is 11.8 Å². The van der Waals surface area contributed by atoms with Crippen LogP contribution in [0, 0.1) is 0 Å². The van der Waals surface area contributed by atoms with Crippen molar-refractivity contribution in [1.82, 2.24) is 4.90 Å². The molecule has 0 bridgehead atoms. The Kier molecular flexibility index (Phi) is 7.80. The molecule has 0 fully saturated rings. The standard InChI is InChI=1S/C24H29NO3/c26-23-21-15-6-7-16-22(21)24(27)25(23)17-9-1-2-10-18-28-19-11-8-14-20-12-4-3-5-13-20/h3-7,12-13,15-16H,1-2,8-11,14,17-19H2. The van der Waals surface area contributed by atoms with Gasteiger partial charge in [0, 0.05) is 19.8 Å². The predicted molar refractivity (Wildman–Crippen MR) is 110 cm³/mol. The van der Waals surface area contributed by atoms with Crippen LogP contribution in [0.3, 0.4) is 0 Å². The zero-order valence-corrected chi connectivity index (χ0v) is 16.4. The van der Waals surface area contributed by atoms with Crippen molar-refractivity contribution in [2.75, 3.05) is 19.8 Å². The van der Waals surface area contributed by atoms with Gasteiger partial charge in [0.2, 0.25) is 0 Å². The molecular weight excluding hydrogens is 350 g/mol. The molecule has 4 nitrogen and oxygen atoms in total. The number of unbranched alkanes of at least 4 members (excludes halogenated alkanes) is 4. The molecule has 1 heterocycles. The first-order valence-electron chi connectivity index (χ1n) is 10.3. The lowest BCUT2D eigenvalue weighted by atomic mass is 10.1. The largest absolute Gasteiger partial charge is 0.381 e. The summed E-state index contributed by atoms with van der Waals surface area (Å²) in [6, 6.07) is 17.6. The third-order valence-corrected chi connectivity index (χ3v) is 5.15. The summed E-state index contributed by atoms with van der Waals surface area (Å²) < 4.78 is 5.71. The van der Waals surface area contributed by atoms with Crippen LogP contribution in [0.25, 0.3) is 0 Å². The average Bonchev–Trinajstić information content (AvgIpc) is 2.97. The highest BCUT2D eigenvalue weighted by atomic mass is 16.5. The summed E-state index contributed by atoms with van der Waals surface area (Å²) >= 11 is 0. The Labute approximate surface area is 167 Å². The van der Waals surface area contributed by atoms with Gasteiger partial charge in [0.15, 0.2) is 0 Å². The van der Waals surface area contributed by atoms with Gasteiger partial charge in [-0.15, -0.1) is 0 Å². The van der Waals surface area contributed by atoms with Crippen molar-refractivity contribution < 1.29 is 14.3 Å². The van der Waals surface area contributed by atoms with Crippen LogP contribution in [0.15, 0.2) is 54.6 Å². The molecule has 1 aliphatic heterocycles. The molecule has 3 rings (SSSR count). The fourth-order valence-electron chi connectivity index (χ4n) is 3.55. The van der Waals surface area contributed by atoms with E-state index in [0.29, 0.717) is 17.7 Å². The SMILES string of the molecule is O=C1c2ccccc2C(=O)N1CCCCCCOCCCCc1ccccc1. The molecule has 2 aromatic carbocycles. The van der Waals surface area contributed by atoms with Gasteiger partial charge in [0.1, 0.15) is 0 Å². The van der Waals surface area contributed by atoms with Crippen molar-refractivity contribution in [3.63, 3.8) is 0 Å². The first kappa shape index (κ1) is 20.3. The zero-order valence-electron chi connectivity index (χ0n) is 16.4. The highest BCUT2D eigenvalue weighted by Gasteiger charge is 2.34. The topological polar surface area (TPSA) is 46.6 Å². The van der Waals surface area contributed by atoms with E-state index in [1.807, 2.05) is 6.07 Å². The van der Waals surface area contributed by atoms with E-state index in [1.165, 1.54) is 10.5 Å². The highest BCUT2D eigenvalue weighted by molar-refractivity contribution is 6.21. The second-order valence-electron chi connectivity index (χ2n) is 7.28. The first-order chi connectivity index (χ1) is 13.8. The van der Waals surface area contributed by atoms with E-state index < -0.39 is 0 Å². The van der Waals surface area contributed by atoms with Crippen molar-refractivity contribution in [3.05, 3.63) is 71.3 Å². The second-order valence-corrected chi connectivity index (χ2v) is 7.28. The molecular formula is C24H29NO3. The quantitative estimate of drug-likeness (QED) is 0.390. The number of fused-ring (bicyclic) bond motifs is 1. The Balaban J connectivity index is 1.18. The molecule has 0 N–H and O–H groups in total. The number of benzene rings is 2. The third-order valence-electron chi connectivity index (χ3n) is 5.15. The van der Waals surface area contributed by atoms with Crippen LogP contribution in [-0.2, 0) is 11.2 Å². The van der Waals surface area contributed by atoms with Crippen molar-refractivity contribution in [1.29, 1.82) is 0 Å². The summed E-state index contributed by atoms with van der Waals surface area (Å²) in [6.45, 7) is 2.12. The molecule has 28 heavy (non-hydrogen) atoms. The van der Waals surface area contributed by atoms with Gasteiger partial charge in [0.05, 0.1) is 11.1 Å². The van der Waals surface area contributed by atoms with E-state index in [4.69, 9.17) is 4.74 Å². The summed E-state index contributed by atoms with van der Waals surface area (Å²) in [5, 5.41) is 0. The summed E-state index contributed by atoms with van der Waals surface area (Å²) in [7, 11) is 0. The van der Waals surface area contributed by atoms with Crippen LogP contribution < -0.4 is 0 Å². The number of ether oxygens (including phenoxy) is 1. The number of hydrogen-bond acceptors (Lipinski definition) is 3. The number of rotatable bonds is 12. The maximum Gasteiger partial charge on any atom is 0.261 e. The van der Waals surface area contributed by atoms with Crippen LogP contribution in [0.2, 0.25) is 0 Å². The first-order valence-corrected chi connectivity index (χ1v) is 10.3. The van der Waals surface area contributed by atoms with E-state index >= 15 is 0 Å². The molecule has 0 atom stereocenters. The van der Waals surface area contributed by atoms with Gasteiger partial charge in [-0.3, -0.25) is 14.5 Å². The molecule has 148 valence electrons. The Morgan fingerprint density at radius 1 is 0.643 bits per heavy atom. The molecule has 0 spiro atoms. The maximum absolute atomic E-state index is 12.3. The van der Waals surface area contributed by atoms with Crippen LogP contribution in [0.1, 0.15) is 64.8 Å². The normalized spacial score (nSPS) is 13.2. The van der Waals surface area contributed by atoms with Crippen LogP contribution in [-0.4, -0.2) is 36.5 Å². The van der Waals surface area contributed by atoms with Crippen molar-refractivity contribution in [2.24, 2.45) is 0 Å². The van der Waals surface area contributed by atoms with Gasteiger partial charge in [-0.2, -0.15) is 0 Å². The van der Waals surface area contributed by atoms with Crippen LogP contribution in [0.5, 0.6) is 0 Å². The lowest BCUT2D eigenvalue weighted by molar-refractivity contribution is 0.0650. The Hall–Kier alpha value is -2.46. The molecule has 0 radical (unpaired) electrons. The molecule has 4 heteroatoms. The Morgan fingerprint density at radius 3 is 1.89 bits per heavy atom. The fourth-order valence-corrected chi connectivity index (χ4v) is 3.55. The molecule has 1 aliphatic rings. The van der Waals surface area contributed by atoms with Crippen molar-refractivity contribution in [3.8, 4) is 0 Å². The van der Waals surface area contributed by atoms with Gasteiger partial charge >= 0.3 is 0 Å². The molecule has 0 saturated heterocycles. The van der Waals surface area contributed by atoms with E-state index in [0.717, 1.165) is 58.2 Å². The maximum atomic E-state index is 12.3. The molecule has 0 saturated carbocycles. The lowest BCUT2D eigenvalue weighted by Gasteiger charge is -2.13. The molecule has 2 aromatic rings. The van der Waals surface area contributed by atoms with Crippen LogP contribution in [0.4, 0.5) is 0 Å². The average molecular weight is 380 g/mol. The molecule has 0 aliphatic carbocycles. The Bertz CT molecular complexity index is 737. The van der Waals surface area contributed by atoms with E-state index in [1.54, 1.807) is 24.3 Å². The molecule has 0 unspecified atom stereocenters. The monoisotopic (exact) mass is 379 g/mol. The van der Waals surface area contributed by atoms with E-state index in [9.17, 15) is 9.59 Å². The van der Waals surface area contributed by atoms with E-state index in [-0.39, 0.29) is 11.8 Å². The minimum atomic E-state index is -0.153. The highest BCUT2D eigenvalue weighted by Crippen LogP contribution is 2.22. The smallest absolute Gasteiger partial charge is 0.261 e. The van der Waals surface area contributed by atoms with Gasteiger partial charge < -0.3 is 4.74 Å². The number of imide groups is 1. The number of hydrogen-bond donors (Lipinski definition) is 0. The fraction of sp³-hybridized carbons (Fsp3) is 0.417. The number of nitrogens with zero attached hydrogens (tertiary/aromatic N) is 1. The third kappa shape index (κ3) is 5.52. The Morgan fingerprint density at radius 2 is 1.21 bits per heavy atom. The number of carbonyl (C=O) groups is 2. The van der Waals surface area contributed by atoms with Gasteiger partial charge in [-0.1, -0.05) is 55.3 Å². The second kappa shape index (κ2) is 10.8. The minimum absolute atomic E-state index is 0.153. The van der Waals surface area contributed by atoms with E-state index in [2.05, 4.69) is 24.3 Å². The van der Waals surface area contributed by atoms with Crippen LogP contribution >= 0.6 is 0 Å². The molecule has 0 aromatic heterocycles. The zero-order chi connectivity index (χ0) is 19.6. The van der Waals surface area contributed by atoms with Crippen molar-refractivity contribution >= 4 is 11.8 Å². The summed E-state index contributed by atoms with van der Waals surface area (Å²) in [6.07, 6.45) is 7.31. The minimum Gasteiger partial charge on any atom is -0.381 e. The number of aryl methyl sites for hydroxylation is 1. The molecule has 2 amide bonds. The number of amides is 2.